The summed E-state index contributed by atoms with van der Waals surface area (Å²) < 4.78 is 5.45. The van der Waals surface area contributed by atoms with Crippen molar-refractivity contribution in [2.45, 2.75) is 270 Å². The van der Waals surface area contributed by atoms with E-state index in [4.69, 9.17) is 4.74 Å². The van der Waals surface area contributed by atoms with Crippen molar-refractivity contribution < 1.29 is 24.5 Å². The van der Waals surface area contributed by atoms with Crippen LogP contribution in [0.5, 0.6) is 0 Å². The van der Waals surface area contributed by atoms with Gasteiger partial charge in [0.05, 0.1) is 25.4 Å². The molecule has 3 N–H and O–H groups in total. The monoisotopic (exact) mass is 816 g/mol. The minimum Gasteiger partial charge on any atom is -0.466 e. The molecule has 0 aromatic carbocycles. The standard InChI is InChI=1S/C52H97NO5/c1-3-5-7-9-11-13-15-17-18-19-22-26-30-34-38-42-46-52(57)58-47-43-39-35-31-27-23-20-21-25-29-33-37-41-45-51(56)53-49(48-54)50(55)44-40-36-32-28-24-16-14-12-10-8-6-4-2/h18-19,21,25,40,44,49-50,54-55H,3-17,20,22-24,26-39,41-43,45-48H2,1-2H3,(H,53,56)/b19-18-,25-21-,44-40+. The van der Waals surface area contributed by atoms with Crippen LogP contribution in [0.4, 0.5) is 0 Å². The number of carbonyl (C=O) groups is 2. The zero-order valence-corrected chi connectivity index (χ0v) is 38.5. The molecule has 0 spiro atoms. The minimum atomic E-state index is -0.861. The van der Waals surface area contributed by atoms with Crippen LogP contribution in [-0.2, 0) is 14.3 Å². The lowest BCUT2D eigenvalue weighted by Crippen LogP contribution is -2.45. The van der Waals surface area contributed by atoms with Crippen LogP contribution in [0.2, 0.25) is 0 Å². The molecule has 0 rings (SSSR count). The Hall–Kier alpha value is -1.92. The Labute approximate surface area is 360 Å². The SMILES string of the molecule is CCCCCCCCC/C=C\CCCCCCCC(=O)OCCCCCCCC/C=C\CCCCCC(=O)NC(CO)C(O)/C=C/CCCCCCCCCCCC. The van der Waals surface area contributed by atoms with Crippen LogP contribution in [0.15, 0.2) is 36.5 Å². The second kappa shape index (κ2) is 47.8. The van der Waals surface area contributed by atoms with E-state index in [0.29, 0.717) is 19.4 Å². The van der Waals surface area contributed by atoms with Crippen LogP contribution in [0.1, 0.15) is 258 Å². The molecule has 0 saturated carbocycles. The van der Waals surface area contributed by atoms with Crippen molar-refractivity contribution in [3.8, 4) is 0 Å². The number of aliphatic hydroxyl groups excluding tert-OH is 2. The fraction of sp³-hybridized carbons (Fsp3) is 0.846. The molecule has 58 heavy (non-hydrogen) atoms. The maximum Gasteiger partial charge on any atom is 0.305 e. The molecule has 6 heteroatoms. The molecule has 0 saturated heterocycles. The molecule has 1 amide bonds. The molecule has 0 heterocycles. The second-order valence-electron chi connectivity index (χ2n) is 17.1. The average molecular weight is 816 g/mol. The summed E-state index contributed by atoms with van der Waals surface area (Å²) in [7, 11) is 0. The highest BCUT2D eigenvalue weighted by Crippen LogP contribution is 2.14. The van der Waals surface area contributed by atoms with Crippen LogP contribution in [0.3, 0.4) is 0 Å². The van der Waals surface area contributed by atoms with E-state index in [1.807, 2.05) is 6.08 Å². The van der Waals surface area contributed by atoms with Crippen LogP contribution >= 0.6 is 0 Å². The summed E-state index contributed by atoms with van der Waals surface area (Å²) >= 11 is 0. The Morgan fingerprint density at radius 1 is 0.466 bits per heavy atom. The first-order chi connectivity index (χ1) is 28.5. The fourth-order valence-electron chi connectivity index (χ4n) is 7.44. The van der Waals surface area contributed by atoms with Crippen molar-refractivity contribution in [1.82, 2.24) is 5.32 Å². The number of hydrogen-bond donors (Lipinski definition) is 3. The Morgan fingerprint density at radius 2 is 0.810 bits per heavy atom. The van der Waals surface area contributed by atoms with Gasteiger partial charge in [-0.15, -0.1) is 0 Å². The molecule has 2 atom stereocenters. The number of unbranched alkanes of at least 4 members (excludes halogenated alkanes) is 31. The normalized spacial score (nSPS) is 13.0. The molecule has 0 aliphatic carbocycles. The molecule has 0 aliphatic heterocycles. The highest BCUT2D eigenvalue weighted by molar-refractivity contribution is 5.76. The maximum absolute atomic E-state index is 12.4. The highest BCUT2D eigenvalue weighted by Gasteiger charge is 2.18. The van der Waals surface area contributed by atoms with E-state index < -0.39 is 12.1 Å². The minimum absolute atomic E-state index is 0.0223. The molecule has 0 radical (unpaired) electrons. The first kappa shape index (κ1) is 56.1. The van der Waals surface area contributed by atoms with E-state index in [1.54, 1.807) is 6.08 Å². The quantitative estimate of drug-likeness (QED) is 0.0323. The zero-order chi connectivity index (χ0) is 42.3. The third-order valence-corrected chi connectivity index (χ3v) is 11.4. The van der Waals surface area contributed by atoms with E-state index in [-0.39, 0.29) is 18.5 Å². The van der Waals surface area contributed by atoms with E-state index in [2.05, 4.69) is 43.5 Å². The average Bonchev–Trinajstić information content (AvgIpc) is 3.22. The van der Waals surface area contributed by atoms with Crippen molar-refractivity contribution in [2.75, 3.05) is 13.2 Å². The molecule has 0 fully saturated rings. The Kier molecular flexibility index (Phi) is 46.2. The predicted molar refractivity (Wildman–Crippen MR) is 250 cm³/mol. The number of aliphatic hydroxyl groups is 2. The smallest absolute Gasteiger partial charge is 0.305 e. The van der Waals surface area contributed by atoms with Gasteiger partial charge in [0, 0.05) is 12.8 Å². The van der Waals surface area contributed by atoms with Gasteiger partial charge in [-0.05, 0) is 83.5 Å². The van der Waals surface area contributed by atoms with E-state index in [9.17, 15) is 19.8 Å². The molecule has 0 aromatic heterocycles. The summed E-state index contributed by atoms with van der Waals surface area (Å²) in [5.41, 5.74) is 0. The van der Waals surface area contributed by atoms with Crippen molar-refractivity contribution >= 4 is 11.9 Å². The molecule has 0 bridgehead atoms. The zero-order valence-electron chi connectivity index (χ0n) is 38.5. The summed E-state index contributed by atoms with van der Waals surface area (Å²) in [5.74, 6) is -0.122. The summed E-state index contributed by atoms with van der Waals surface area (Å²) in [6, 6.07) is -0.647. The molecule has 6 nitrogen and oxygen atoms in total. The van der Waals surface area contributed by atoms with Gasteiger partial charge in [-0.3, -0.25) is 9.59 Å². The van der Waals surface area contributed by atoms with Crippen LogP contribution in [-0.4, -0.2) is 47.4 Å². The van der Waals surface area contributed by atoms with Crippen molar-refractivity contribution in [3.05, 3.63) is 36.5 Å². The van der Waals surface area contributed by atoms with Crippen LogP contribution in [0.25, 0.3) is 0 Å². The number of allylic oxidation sites excluding steroid dienone is 5. The topological polar surface area (TPSA) is 95.9 Å². The van der Waals surface area contributed by atoms with Crippen LogP contribution < -0.4 is 5.32 Å². The predicted octanol–water partition coefficient (Wildman–Crippen LogP) is 14.9. The largest absolute Gasteiger partial charge is 0.466 e. The molecule has 340 valence electrons. The Morgan fingerprint density at radius 3 is 1.24 bits per heavy atom. The number of ether oxygens (including phenoxy) is 1. The van der Waals surface area contributed by atoms with Crippen molar-refractivity contribution in [3.63, 3.8) is 0 Å². The number of amides is 1. The summed E-state index contributed by atoms with van der Waals surface area (Å²) in [6.07, 6.45) is 57.1. The summed E-state index contributed by atoms with van der Waals surface area (Å²) in [4.78, 5) is 24.4. The number of rotatable bonds is 46. The van der Waals surface area contributed by atoms with Crippen molar-refractivity contribution in [2.24, 2.45) is 0 Å². The van der Waals surface area contributed by atoms with E-state index >= 15 is 0 Å². The lowest BCUT2D eigenvalue weighted by atomic mass is 10.1. The molecule has 0 aromatic rings. The van der Waals surface area contributed by atoms with Gasteiger partial charge in [0.15, 0.2) is 0 Å². The van der Waals surface area contributed by atoms with Gasteiger partial charge in [-0.25, -0.2) is 0 Å². The second-order valence-corrected chi connectivity index (χ2v) is 17.1. The van der Waals surface area contributed by atoms with Crippen molar-refractivity contribution in [1.29, 1.82) is 0 Å². The third-order valence-electron chi connectivity index (χ3n) is 11.4. The Balaban J connectivity index is 3.52. The van der Waals surface area contributed by atoms with E-state index in [1.165, 1.54) is 161 Å². The fourth-order valence-corrected chi connectivity index (χ4v) is 7.44. The molecular formula is C52H97NO5. The van der Waals surface area contributed by atoms with Gasteiger partial charge in [0.25, 0.3) is 0 Å². The Bertz CT molecular complexity index is 946. The first-order valence-corrected chi connectivity index (χ1v) is 25.3. The number of carbonyl (C=O) groups excluding carboxylic acids is 2. The third kappa shape index (κ3) is 43.7. The summed E-state index contributed by atoms with van der Waals surface area (Å²) in [6.45, 7) is 4.83. The van der Waals surface area contributed by atoms with Gasteiger partial charge in [-0.1, -0.05) is 198 Å². The lowest BCUT2D eigenvalue weighted by Gasteiger charge is -2.19. The van der Waals surface area contributed by atoms with Crippen LogP contribution in [0, 0.1) is 0 Å². The lowest BCUT2D eigenvalue weighted by molar-refractivity contribution is -0.143. The van der Waals surface area contributed by atoms with Gasteiger partial charge < -0.3 is 20.3 Å². The number of esters is 1. The number of hydrogen-bond acceptors (Lipinski definition) is 5. The molecule has 2 unspecified atom stereocenters. The summed E-state index contributed by atoms with van der Waals surface area (Å²) in [5, 5.41) is 23.0. The highest BCUT2D eigenvalue weighted by atomic mass is 16.5. The first-order valence-electron chi connectivity index (χ1n) is 25.3. The maximum atomic E-state index is 12.4. The van der Waals surface area contributed by atoms with Gasteiger partial charge in [-0.2, -0.15) is 0 Å². The molecule has 0 aliphatic rings. The number of nitrogens with one attached hydrogen (secondary N) is 1. The van der Waals surface area contributed by atoms with Gasteiger partial charge in [0.1, 0.15) is 0 Å². The van der Waals surface area contributed by atoms with Gasteiger partial charge in [0.2, 0.25) is 5.91 Å². The molecular weight excluding hydrogens is 719 g/mol. The van der Waals surface area contributed by atoms with E-state index in [0.717, 1.165) is 70.6 Å². The van der Waals surface area contributed by atoms with Gasteiger partial charge >= 0.3 is 5.97 Å².